The van der Waals surface area contributed by atoms with E-state index in [4.69, 9.17) is 21.4 Å². The number of nitrogens with one attached hydrogen (secondary N) is 1. The standard InChI is InChI=1S/C23H29N7O/c1-3-14(2)20-22(31)30-13-19(16-12-27-17-9-5-4-8-15(16)17)28-18(21(30)29-20)10-6-7-11-26-23(24)25/h4-5,8-9,12-14,27,31H,3,6-7,10-11H2,1-2H3,(H4,24,25,26)/t14-/m0/s1. The molecule has 0 aliphatic carbocycles. The van der Waals surface area contributed by atoms with Crippen molar-refractivity contribution >= 4 is 22.5 Å². The van der Waals surface area contributed by atoms with Gasteiger partial charge in [-0.05, 0) is 31.7 Å². The van der Waals surface area contributed by atoms with E-state index in [-0.39, 0.29) is 17.8 Å². The van der Waals surface area contributed by atoms with E-state index in [1.807, 2.05) is 30.6 Å². The predicted molar refractivity (Wildman–Crippen MR) is 124 cm³/mol. The van der Waals surface area contributed by atoms with Gasteiger partial charge in [0.15, 0.2) is 11.6 Å². The average molecular weight is 420 g/mol. The number of nitrogens with zero attached hydrogens (tertiary/aromatic N) is 4. The number of rotatable bonds is 8. The molecule has 6 N–H and O–H groups in total. The summed E-state index contributed by atoms with van der Waals surface area (Å²) in [4.78, 5) is 17.1. The normalized spacial score (nSPS) is 12.5. The van der Waals surface area contributed by atoms with Gasteiger partial charge in [-0.25, -0.2) is 9.97 Å². The number of fused-ring (bicyclic) bond motifs is 2. The van der Waals surface area contributed by atoms with E-state index in [1.165, 1.54) is 0 Å². The maximum atomic E-state index is 10.9. The number of aromatic nitrogens is 4. The highest BCUT2D eigenvalue weighted by molar-refractivity contribution is 5.94. The fourth-order valence-corrected chi connectivity index (χ4v) is 3.83. The van der Waals surface area contributed by atoms with Gasteiger partial charge < -0.3 is 21.6 Å². The predicted octanol–water partition coefficient (Wildman–Crippen LogP) is 3.69. The SMILES string of the molecule is CC[C@H](C)c1nc2c(CCCCN=C(N)N)nc(-c3c[nH]c4ccccc34)cn2c1O. The van der Waals surface area contributed by atoms with Crippen molar-refractivity contribution in [2.24, 2.45) is 16.5 Å². The zero-order chi connectivity index (χ0) is 22.0. The molecule has 8 nitrogen and oxygen atoms in total. The molecule has 0 bridgehead atoms. The van der Waals surface area contributed by atoms with Crippen molar-refractivity contribution in [2.75, 3.05) is 6.54 Å². The molecule has 4 aromatic rings. The number of hydrogen-bond acceptors (Lipinski definition) is 4. The lowest BCUT2D eigenvalue weighted by Crippen LogP contribution is -2.22. The second kappa shape index (κ2) is 8.67. The quantitative estimate of drug-likeness (QED) is 0.196. The third-order valence-corrected chi connectivity index (χ3v) is 5.74. The molecule has 8 heteroatoms. The van der Waals surface area contributed by atoms with Gasteiger partial charge in [0.2, 0.25) is 5.88 Å². The number of para-hydroxylation sites is 1. The molecule has 31 heavy (non-hydrogen) atoms. The topological polar surface area (TPSA) is 131 Å². The number of aromatic hydroxyl groups is 1. The molecule has 0 saturated carbocycles. The van der Waals surface area contributed by atoms with Crippen LogP contribution in [-0.2, 0) is 6.42 Å². The molecule has 0 fully saturated rings. The van der Waals surface area contributed by atoms with Crippen LogP contribution in [0.15, 0.2) is 41.7 Å². The smallest absolute Gasteiger partial charge is 0.219 e. The minimum atomic E-state index is 0.109. The van der Waals surface area contributed by atoms with Gasteiger partial charge in [0.05, 0.1) is 11.4 Å². The van der Waals surface area contributed by atoms with Crippen molar-refractivity contribution < 1.29 is 5.11 Å². The van der Waals surface area contributed by atoms with Gasteiger partial charge in [-0.1, -0.05) is 32.0 Å². The molecule has 3 heterocycles. The molecule has 0 aliphatic heterocycles. The van der Waals surface area contributed by atoms with Crippen molar-refractivity contribution in [1.82, 2.24) is 19.4 Å². The first kappa shape index (κ1) is 20.7. The fraction of sp³-hybridized carbons (Fsp3) is 0.348. The summed E-state index contributed by atoms with van der Waals surface area (Å²) in [5, 5.41) is 12.0. The van der Waals surface area contributed by atoms with Crippen molar-refractivity contribution in [1.29, 1.82) is 0 Å². The van der Waals surface area contributed by atoms with Gasteiger partial charge in [0, 0.05) is 41.3 Å². The van der Waals surface area contributed by atoms with Crippen LogP contribution in [0, 0.1) is 0 Å². The summed E-state index contributed by atoms with van der Waals surface area (Å²) in [6.45, 7) is 4.75. The fourth-order valence-electron chi connectivity index (χ4n) is 3.83. The third kappa shape index (κ3) is 4.05. The van der Waals surface area contributed by atoms with Crippen LogP contribution in [0.1, 0.15) is 50.4 Å². The number of H-pyrrole nitrogens is 1. The van der Waals surface area contributed by atoms with Crippen LogP contribution in [0.4, 0.5) is 0 Å². The van der Waals surface area contributed by atoms with Crippen LogP contribution in [0.5, 0.6) is 5.88 Å². The van der Waals surface area contributed by atoms with Crippen molar-refractivity contribution in [3.05, 3.63) is 48.0 Å². The Bertz CT molecular complexity index is 1230. The number of guanidine groups is 1. The molecule has 0 radical (unpaired) electrons. The highest BCUT2D eigenvalue weighted by Crippen LogP contribution is 2.33. The second-order valence-electron chi connectivity index (χ2n) is 7.91. The van der Waals surface area contributed by atoms with Gasteiger partial charge in [-0.3, -0.25) is 9.39 Å². The maximum Gasteiger partial charge on any atom is 0.219 e. The number of imidazole rings is 1. The van der Waals surface area contributed by atoms with E-state index < -0.39 is 0 Å². The first-order valence-electron chi connectivity index (χ1n) is 10.7. The first-order valence-corrected chi connectivity index (χ1v) is 10.7. The molecule has 3 aromatic heterocycles. The number of nitrogens with two attached hydrogens (primary N) is 2. The van der Waals surface area contributed by atoms with Crippen LogP contribution < -0.4 is 11.5 Å². The zero-order valence-electron chi connectivity index (χ0n) is 18.0. The maximum absolute atomic E-state index is 10.9. The van der Waals surface area contributed by atoms with Crippen LogP contribution in [0.25, 0.3) is 27.8 Å². The number of unbranched alkanes of at least 4 members (excludes halogenated alkanes) is 1. The number of aromatic amines is 1. The van der Waals surface area contributed by atoms with Crippen LogP contribution in [0.3, 0.4) is 0 Å². The monoisotopic (exact) mass is 419 g/mol. The van der Waals surface area contributed by atoms with E-state index in [0.29, 0.717) is 17.9 Å². The molecule has 0 unspecified atom stereocenters. The van der Waals surface area contributed by atoms with Crippen molar-refractivity contribution in [3.63, 3.8) is 0 Å². The molecule has 4 rings (SSSR count). The molecule has 1 atom stereocenters. The Morgan fingerprint density at radius 3 is 2.81 bits per heavy atom. The van der Waals surface area contributed by atoms with E-state index in [2.05, 4.69) is 29.9 Å². The Morgan fingerprint density at radius 1 is 1.23 bits per heavy atom. The average Bonchev–Trinajstić information content (AvgIpc) is 3.34. The number of aryl methyl sites for hydroxylation is 1. The van der Waals surface area contributed by atoms with Gasteiger partial charge >= 0.3 is 0 Å². The van der Waals surface area contributed by atoms with E-state index in [1.54, 1.807) is 4.40 Å². The Hall–Kier alpha value is -3.55. The van der Waals surface area contributed by atoms with E-state index in [0.717, 1.165) is 53.5 Å². The van der Waals surface area contributed by atoms with Crippen molar-refractivity contribution in [2.45, 2.75) is 45.4 Å². The molecule has 1 aromatic carbocycles. The van der Waals surface area contributed by atoms with Gasteiger partial charge in [0.1, 0.15) is 5.69 Å². The molecular weight excluding hydrogens is 390 g/mol. The Kier molecular flexibility index (Phi) is 5.79. The molecule has 0 amide bonds. The number of hydrogen-bond donors (Lipinski definition) is 4. The van der Waals surface area contributed by atoms with E-state index >= 15 is 0 Å². The van der Waals surface area contributed by atoms with Crippen LogP contribution >= 0.6 is 0 Å². The molecule has 162 valence electrons. The minimum absolute atomic E-state index is 0.109. The largest absolute Gasteiger partial charge is 0.493 e. The lowest BCUT2D eigenvalue weighted by atomic mass is 10.1. The summed E-state index contributed by atoms with van der Waals surface area (Å²) in [6, 6.07) is 8.12. The summed E-state index contributed by atoms with van der Waals surface area (Å²) in [7, 11) is 0. The summed E-state index contributed by atoms with van der Waals surface area (Å²) < 4.78 is 1.77. The second-order valence-corrected chi connectivity index (χ2v) is 7.91. The molecule has 0 aliphatic rings. The highest BCUT2D eigenvalue weighted by atomic mass is 16.3. The summed E-state index contributed by atoms with van der Waals surface area (Å²) in [5.41, 5.74) is 15.9. The van der Waals surface area contributed by atoms with Crippen LogP contribution in [0.2, 0.25) is 0 Å². The van der Waals surface area contributed by atoms with Crippen LogP contribution in [-0.4, -0.2) is 37.0 Å². The zero-order valence-corrected chi connectivity index (χ0v) is 18.0. The first-order chi connectivity index (χ1) is 15.0. The van der Waals surface area contributed by atoms with Gasteiger partial charge in [0.25, 0.3) is 0 Å². The third-order valence-electron chi connectivity index (χ3n) is 5.74. The summed E-state index contributed by atoms with van der Waals surface area (Å²) in [6.07, 6.45) is 7.16. The van der Waals surface area contributed by atoms with Gasteiger partial charge in [-0.15, -0.1) is 0 Å². The lowest BCUT2D eigenvalue weighted by Gasteiger charge is -2.08. The lowest BCUT2D eigenvalue weighted by molar-refractivity contribution is 0.435. The van der Waals surface area contributed by atoms with E-state index in [9.17, 15) is 5.11 Å². The minimum Gasteiger partial charge on any atom is -0.493 e. The molecule has 0 saturated heterocycles. The highest BCUT2D eigenvalue weighted by Gasteiger charge is 2.20. The van der Waals surface area contributed by atoms with Gasteiger partial charge in [-0.2, -0.15) is 0 Å². The number of aliphatic imine (C=N–C) groups is 1. The summed E-state index contributed by atoms with van der Waals surface area (Å²) >= 11 is 0. The Labute approximate surface area is 181 Å². The van der Waals surface area contributed by atoms with Crippen molar-refractivity contribution in [3.8, 4) is 17.1 Å². The number of benzene rings is 1. The Balaban J connectivity index is 1.78. The summed E-state index contributed by atoms with van der Waals surface area (Å²) in [5.74, 6) is 0.457. The molecule has 0 spiro atoms. The Morgan fingerprint density at radius 2 is 2.03 bits per heavy atom. The molecular formula is C23H29N7O.